The van der Waals surface area contributed by atoms with Gasteiger partial charge in [0.1, 0.15) is 11.5 Å². The van der Waals surface area contributed by atoms with E-state index in [9.17, 15) is 19.5 Å². The molecule has 50 heavy (non-hydrogen) atoms. The fraction of sp³-hybridized carbons (Fsp3) is 0.268. The van der Waals surface area contributed by atoms with E-state index < -0.39 is 46.8 Å². The van der Waals surface area contributed by atoms with Crippen LogP contribution in [0.15, 0.2) is 109 Å². The average molecular weight is 687 g/mol. The van der Waals surface area contributed by atoms with E-state index in [-0.39, 0.29) is 30.4 Å². The number of carbonyl (C=O) groups is 4. The molecular formula is C41H35ClN2O6. The highest BCUT2D eigenvalue weighted by atomic mass is 35.5. The molecule has 8 rings (SSSR count). The van der Waals surface area contributed by atoms with E-state index in [4.69, 9.17) is 16.3 Å². The number of phenolic OH excluding ortho intramolecular Hbond substituents is 1. The minimum Gasteiger partial charge on any atom is -0.508 e. The third-order valence-corrected chi connectivity index (χ3v) is 11.6. The summed E-state index contributed by atoms with van der Waals surface area (Å²) in [5, 5.41) is 12.0. The van der Waals surface area contributed by atoms with Crippen molar-refractivity contribution < 1.29 is 29.0 Å². The van der Waals surface area contributed by atoms with Crippen molar-refractivity contribution in [2.24, 2.45) is 23.7 Å². The van der Waals surface area contributed by atoms with Gasteiger partial charge in [0.15, 0.2) is 0 Å². The van der Waals surface area contributed by atoms with E-state index in [1.54, 1.807) is 48.5 Å². The predicted molar refractivity (Wildman–Crippen MR) is 189 cm³/mol. The molecule has 3 fully saturated rings. The molecule has 8 nitrogen and oxygen atoms in total. The van der Waals surface area contributed by atoms with Gasteiger partial charge in [0, 0.05) is 16.5 Å². The van der Waals surface area contributed by atoms with Crippen LogP contribution in [0, 0.1) is 23.7 Å². The standard InChI is InChI=1S/C41H35ClN2O6/c1-3-23-12-14-26(15-13-23)43-37(46)30-18-17-29-31(35(30)39(43)48)22-33-38(47)44(27-11-7-10-25(42)20-27)40(49)41(33,24-8-5-4-6-9-24)36(29)32-21-28(50-2)16-19-34(32)45/h4-17,19-21,30-31,33,35-36,45H,3,18,22H2,1-2H3/t30-,31+,33-,35-,36+,41+/m0/s1. The lowest BCUT2D eigenvalue weighted by Crippen LogP contribution is -2.53. The highest BCUT2D eigenvalue weighted by molar-refractivity contribution is 6.32. The predicted octanol–water partition coefficient (Wildman–Crippen LogP) is 6.98. The summed E-state index contributed by atoms with van der Waals surface area (Å²) in [6, 6.07) is 28.2. The van der Waals surface area contributed by atoms with Crippen LogP contribution in [-0.2, 0) is 31.0 Å². The maximum Gasteiger partial charge on any atom is 0.246 e. The minimum absolute atomic E-state index is 0.0681. The number of carbonyl (C=O) groups excluding carboxylic acids is 4. The Labute approximate surface area is 294 Å². The van der Waals surface area contributed by atoms with Gasteiger partial charge in [-0.25, -0.2) is 4.90 Å². The Hall–Kier alpha value is -5.21. The van der Waals surface area contributed by atoms with Crippen LogP contribution in [0.4, 0.5) is 11.4 Å². The molecular weight excluding hydrogens is 652 g/mol. The van der Waals surface area contributed by atoms with Gasteiger partial charge in [-0.15, -0.1) is 0 Å². The number of aryl methyl sites for hydroxylation is 1. The molecule has 1 saturated carbocycles. The molecule has 252 valence electrons. The third kappa shape index (κ3) is 4.51. The molecule has 1 N–H and O–H groups in total. The molecule has 0 unspecified atom stereocenters. The van der Waals surface area contributed by atoms with Crippen LogP contribution < -0.4 is 14.5 Å². The average Bonchev–Trinajstić information content (AvgIpc) is 3.53. The number of anilines is 2. The van der Waals surface area contributed by atoms with Crippen molar-refractivity contribution in [2.45, 2.75) is 37.5 Å². The summed E-state index contributed by atoms with van der Waals surface area (Å²) in [4.78, 5) is 61.3. The largest absolute Gasteiger partial charge is 0.508 e. The molecule has 9 heteroatoms. The van der Waals surface area contributed by atoms with Gasteiger partial charge in [-0.3, -0.25) is 24.1 Å². The van der Waals surface area contributed by atoms with Gasteiger partial charge in [-0.1, -0.05) is 78.7 Å². The van der Waals surface area contributed by atoms with E-state index in [0.29, 0.717) is 33.3 Å². The van der Waals surface area contributed by atoms with Crippen molar-refractivity contribution in [1.82, 2.24) is 0 Å². The lowest BCUT2D eigenvalue weighted by Gasteiger charge is -2.50. The maximum atomic E-state index is 15.3. The number of nitrogens with zero attached hydrogens (tertiary/aromatic N) is 2. The number of methoxy groups -OCH3 is 1. The minimum atomic E-state index is -1.50. The normalized spacial score (nSPS) is 27.2. The molecule has 2 heterocycles. The van der Waals surface area contributed by atoms with Crippen LogP contribution in [-0.4, -0.2) is 35.8 Å². The molecule has 4 aromatic rings. The van der Waals surface area contributed by atoms with Crippen molar-refractivity contribution in [1.29, 1.82) is 0 Å². The van der Waals surface area contributed by atoms with Crippen LogP contribution in [0.25, 0.3) is 0 Å². The summed E-state index contributed by atoms with van der Waals surface area (Å²) in [7, 11) is 1.52. The number of benzene rings is 4. The first-order chi connectivity index (χ1) is 24.2. The summed E-state index contributed by atoms with van der Waals surface area (Å²) < 4.78 is 5.61. The van der Waals surface area contributed by atoms with Crippen LogP contribution in [0.1, 0.15) is 42.4 Å². The van der Waals surface area contributed by atoms with E-state index in [1.807, 2.05) is 55.5 Å². The molecule has 0 radical (unpaired) electrons. The van der Waals surface area contributed by atoms with Crippen molar-refractivity contribution in [3.8, 4) is 11.5 Å². The summed E-state index contributed by atoms with van der Waals surface area (Å²) in [5.41, 5.74) is 2.24. The van der Waals surface area contributed by atoms with E-state index in [0.717, 1.165) is 17.6 Å². The first-order valence-corrected chi connectivity index (χ1v) is 17.3. The Balaban J connectivity index is 1.35. The van der Waals surface area contributed by atoms with Crippen LogP contribution in [0.3, 0.4) is 0 Å². The SMILES string of the molecule is CCc1ccc(N2C(=O)[C@H]3[C@H](CC=C4[C@H]3C[C@H]3C(=O)N(c5cccc(Cl)c5)C(=O)[C@@]3(c3ccccc3)[C@H]4c3cc(OC)ccc3O)C2=O)cc1. The zero-order valence-corrected chi connectivity index (χ0v) is 28.3. The molecule has 0 spiro atoms. The Morgan fingerprint density at radius 3 is 2.28 bits per heavy atom. The quantitative estimate of drug-likeness (QED) is 0.173. The summed E-state index contributed by atoms with van der Waals surface area (Å²) >= 11 is 6.39. The molecule has 4 aromatic carbocycles. The number of hydrogen-bond acceptors (Lipinski definition) is 6. The van der Waals surface area contributed by atoms with Gasteiger partial charge in [0.05, 0.1) is 41.7 Å². The van der Waals surface area contributed by atoms with Gasteiger partial charge in [-0.05, 0) is 84.8 Å². The highest BCUT2D eigenvalue weighted by Gasteiger charge is 2.70. The highest BCUT2D eigenvalue weighted by Crippen LogP contribution is 2.65. The molecule has 2 saturated heterocycles. The molecule has 2 aliphatic carbocycles. The number of aromatic hydroxyl groups is 1. The van der Waals surface area contributed by atoms with Crippen LogP contribution >= 0.6 is 11.6 Å². The van der Waals surface area contributed by atoms with Crippen molar-refractivity contribution in [2.75, 3.05) is 16.9 Å². The molecule has 0 bridgehead atoms. The topological polar surface area (TPSA) is 104 Å². The van der Waals surface area contributed by atoms with Crippen LogP contribution in [0.2, 0.25) is 5.02 Å². The number of imide groups is 2. The monoisotopic (exact) mass is 686 g/mol. The van der Waals surface area contributed by atoms with Crippen molar-refractivity contribution in [3.05, 3.63) is 130 Å². The zero-order valence-electron chi connectivity index (χ0n) is 27.6. The number of amides is 4. The van der Waals surface area contributed by atoms with Gasteiger partial charge in [0.25, 0.3) is 0 Å². The second-order valence-corrected chi connectivity index (χ2v) is 14.0. The Bertz CT molecular complexity index is 2100. The second kappa shape index (κ2) is 12.0. The number of halogens is 1. The fourth-order valence-corrected chi connectivity index (χ4v) is 9.30. The van der Waals surface area contributed by atoms with Crippen molar-refractivity contribution in [3.63, 3.8) is 0 Å². The summed E-state index contributed by atoms with van der Waals surface area (Å²) in [6.45, 7) is 2.04. The Morgan fingerprint density at radius 2 is 1.58 bits per heavy atom. The van der Waals surface area contributed by atoms with E-state index in [1.165, 1.54) is 23.0 Å². The number of hydrogen-bond donors (Lipinski definition) is 1. The zero-order chi connectivity index (χ0) is 34.9. The maximum absolute atomic E-state index is 15.3. The third-order valence-electron chi connectivity index (χ3n) is 11.3. The summed E-state index contributed by atoms with van der Waals surface area (Å²) in [5.74, 6) is -4.79. The molecule has 4 amide bonds. The fourth-order valence-electron chi connectivity index (χ4n) is 9.11. The first-order valence-electron chi connectivity index (χ1n) is 16.9. The second-order valence-electron chi connectivity index (χ2n) is 13.6. The Morgan fingerprint density at radius 1 is 0.820 bits per heavy atom. The number of ether oxygens (including phenoxy) is 1. The van der Waals surface area contributed by atoms with Gasteiger partial charge < -0.3 is 9.84 Å². The number of rotatable bonds is 6. The number of phenols is 1. The lowest BCUT2D eigenvalue weighted by atomic mass is 9.49. The smallest absolute Gasteiger partial charge is 0.246 e. The number of allylic oxidation sites excluding steroid dienone is 2. The van der Waals surface area contributed by atoms with Gasteiger partial charge >= 0.3 is 0 Å². The lowest BCUT2D eigenvalue weighted by molar-refractivity contribution is -0.127. The van der Waals surface area contributed by atoms with E-state index in [2.05, 4.69) is 0 Å². The summed E-state index contributed by atoms with van der Waals surface area (Å²) in [6.07, 6.45) is 3.24. The molecule has 4 aliphatic rings. The van der Waals surface area contributed by atoms with Gasteiger partial charge in [0.2, 0.25) is 23.6 Å². The molecule has 0 aromatic heterocycles. The Kier molecular flexibility index (Phi) is 7.68. The van der Waals surface area contributed by atoms with E-state index >= 15 is 4.79 Å². The van der Waals surface area contributed by atoms with Crippen LogP contribution in [0.5, 0.6) is 11.5 Å². The number of fused-ring (bicyclic) bond motifs is 4. The first kappa shape index (κ1) is 32.0. The molecule has 2 aliphatic heterocycles. The van der Waals surface area contributed by atoms with Gasteiger partial charge in [-0.2, -0.15) is 0 Å². The molecule has 6 atom stereocenters. The van der Waals surface area contributed by atoms with Crippen molar-refractivity contribution >= 4 is 46.6 Å².